The summed E-state index contributed by atoms with van der Waals surface area (Å²) in [4.78, 5) is 16.4. The minimum absolute atomic E-state index is 0.381. The molecule has 1 unspecified atom stereocenters. The predicted molar refractivity (Wildman–Crippen MR) is 129 cm³/mol. The molecule has 0 saturated heterocycles. The molecule has 0 aliphatic carbocycles. The van der Waals surface area contributed by atoms with E-state index in [-0.39, 0.29) is 5.76 Å². The van der Waals surface area contributed by atoms with E-state index in [1.807, 2.05) is 66.7 Å². The van der Waals surface area contributed by atoms with Crippen molar-refractivity contribution in [1.29, 1.82) is 5.26 Å². The van der Waals surface area contributed by atoms with Crippen LogP contribution in [0.1, 0.15) is 11.3 Å². The van der Waals surface area contributed by atoms with E-state index in [2.05, 4.69) is 11.1 Å². The summed E-state index contributed by atoms with van der Waals surface area (Å²) in [6.07, 6.45) is 0.419. The number of aromatic nitrogens is 1. The van der Waals surface area contributed by atoms with Crippen molar-refractivity contribution in [2.45, 2.75) is 12.5 Å². The number of aryl methyl sites for hydroxylation is 1. The fourth-order valence-electron chi connectivity index (χ4n) is 3.81. The van der Waals surface area contributed by atoms with Gasteiger partial charge >= 0.3 is 180 Å². The number of hydrogen-bond acceptors (Lipinski definition) is 5. The van der Waals surface area contributed by atoms with Gasteiger partial charge in [0.05, 0.1) is 0 Å². The van der Waals surface area contributed by atoms with Crippen molar-refractivity contribution >= 4 is 51.1 Å². The molecule has 6 nitrogen and oxygen atoms in total. The van der Waals surface area contributed by atoms with Gasteiger partial charge < -0.3 is 4.42 Å². The second kappa shape index (κ2) is 8.83. The van der Waals surface area contributed by atoms with Gasteiger partial charge in [0.25, 0.3) is 0 Å². The van der Waals surface area contributed by atoms with Crippen LogP contribution in [0.15, 0.2) is 91.4 Å². The van der Waals surface area contributed by atoms with Crippen LogP contribution in [0.2, 0.25) is 0 Å². The molecule has 0 saturated carbocycles. The average molecular weight is 628 g/mol. The van der Waals surface area contributed by atoms with E-state index >= 15 is 0 Å². The minimum atomic E-state index is -0.498. The zero-order valence-corrected chi connectivity index (χ0v) is 21.7. The van der Waals surface area contributed by atoms with Crippen molar-refractivity contribution in [3.05, 3.63) is 94.7 Å². The third-order valence-corrected chi connectivity index (χ3v) is 7.20. The van der Waals surface area contributed by atoms with Gasteiger partial charge in [-0.15, -0.1) is 0 Å². The van der Waals surface area contributed by atoms with Gasteiger partial charge in [-0.3, -0.25) is 4.57 Å². The van der Waals surface area contributed by atoms with Crippen LogP contribution in [0.5, 0.6) is 0 Å². The van der Waals surface area contributed by atoms with E-state index in [0.29, 0.717) is 12.0 Å². The molecule has 1 atom stereocenters. The van der Waals surface area contributed by atoms with Gasteiger partial charge in [-0.05, 0) is 0 Å². The van der Waals surface area contributed by atoms with Gasteiger partial charge in [0.15, 0.2) is 5.58 Å². The van der Waals surface area contributed by atoms with Crippen LogP contribution in [0.4, 0.5) is 0 Å². The van der Waals surface area contributed by atoms with Crippen molar-refractivity contribution in [1.82, 2.24) is 4.57 Å². The number of hydrogen-bond donors (Lipinski definition) is 0. The molecule has 2 aromatic heterocycles. The zero-order valence-electron chi connectivity index (χ0n) is 17.8. The summed E-state index contributed by atoms with van der Waals surface area (Å²) in [6, 6.07) is 25.4. The van der Waals surface area contributed by atoms with E-state index in [1.165, 1.54) is 4.57 Å². The zero-order chi connectivity index (χ0) is 22.9. The van der Waals surface area contributed by atoms with Gasteiger partial charge in [-0.25, -0.2) is 4.79 Å². The molecule has 3 radical (unpaired) electrons. The SMILES string of the molecule is Cn1c(=O)oc2ccc(-c3ccc4cc(CC(C#N)N=[C]([Pb])c5ccccc5)oc4c3)cc21. The molecular weight excluding hydrogens is 610 g/mol. The Morgan fingerprint density at radius 3 is 2.58 bits per heavy atom. The molecule has 0 aliphatic rings. The summed E-state index contributed by atoms with van der Waals surface area (Å²) < 4.78 is 13.8. The quantitative estimate of drug-likeness (QED) is 0.211. The second-order valence-corrected chi connectivity index (χ2v) is 9.61. The Balaban J connectivity index is 1.43. The molecule has 2 heterocycles. The number of aliphatic imine (C=N–C) groups is 1. The van der Waals surface area contributed by atoms with Crippen molar-refractivity contribution in [2.75, 3.05) is 0 Å². The first-order valence-corrected chi connectivity index (χ1v) is 12.3. The number of oxazole rings is 1. The van der Waals surface area contributed by atoms with E-state index in [4.69, 9.17) is 8.83 Å². The monoisotopic (exact) mass is 628 g/mol. The van der Waals surface area contributed by atoms with Gasteiger partial charge in [0.1, 0.15) is 0 Å². The van der Waals surface area contributed by atoms with Crippen molar-refractivity contribution in [3.63, 3.8) is 0 Å². The fraction of sp³-hybridized carbons (Fsp3) is 0.115. The van der Waals surface area contributed by atoms with E-state index < -0.39 is 6.04 Å². The molecule has 0 N–H and O–H groups in total. The standard InChI is InChI=1S/C26H18N3O3.Pb/c1-29-23-12-18(9-10-24(23)32-26(29)30)19-7-8-20-11-22(31-25(20)13-19)14-21(15-27)28-16-17-5-3-2-4-6-17;/h2-13,21H,14H2,1H3;. The summed E-state index contributed by atoms with van der Waals surface area (Å²) in [6.45, 7) is 0. The molecule has 7 heteroatoms. The van der Waals surface area contributed by atoms with E-state index in [0.717, 1.165) is 68.0 Å². The molecule has 0 bridgehead atoms. The number of fused-ring (bicyclic) bond motifs is 2. The molecule has 0 amide bonds. The van der Waals surface area contributed by atoms with Gasteiger partial charge in [-0.2, -0.15) is 0 Å². The Hall–Kier alpha value is -3.45. The number of nitrogens with zero attached hydrogens (tertiary/aromatic N) is 3. The Bertz CT molecular complexity index is 1600. The first-order chi connectivity index (χ1) is 16.0. The Labute approximate surface area is 205 Å². The molecule has 159 valence electrons. The molecule has 0 fully saturated rings. The van der Waals surface area contributed by atoms with Crippen LogP contribution in [0, 0.1) is 11.3 Å². The van der Waals surface area contributed by atoms with Crippen molar-refractivity contribution in [2.24, 2.45) is 12.0 Å². The van der Waals surface area contributed by atoms with Gasteiger partial charge in [-0.1, -0.05) is 0 Å². The molecule has 33 heavy (non-hydrogen) atoms. The third kappa shape index (κ3) is 4.28. The number of furan rings is 1. The van der Waals surface area contributed by atoms with Crippen molar-refractivity contribution in [3.8, 4) is 17.2 Å². The number of rotatable bonds is 5. The molecule has 3 aromatic carbocycles. The van der Waals surface area contributed by atoms with Crippen molar-refractivity contribution < 1.29 is 8.83 Å². The Kier molecular flexibility index (Phi) is 5.72. The van der Waals surface area contributed by atoms with Crippen LogP contribution in [0.25, 0.3) is 33.2 Å². The first kappa shape index (κ1) is 21.4. The number of nitriles is 1. The summed E-state index contributed by atoms with van der Waals surface area (Å²) >= 11 is 0.758. The molecule has 5 aromatic rings. The second-order valence-electron chi connectivity index (χ2n) is 7.77. The van der Waals surface area contributed by atoms with Crippen LogP contribution >= 0.6 is 0 Å². The summed E-state index contributed by atoms with van der Waals surface area (Å²) in [5.41, 5.74) is 5.04. The summed E-state index contributed by atoms with van der Waals surface area (Å²) in [7, 11) is 1.69. The third-order valence-electron chi connectivity index (χ3n) is 5.57. The molecular formula is C26H18N3O3Pb. The van der Waals surface area contributed by atoms with Gasteiger partial charge in [0, 0.05) is 7.05 Å². The summed E-state index contributed by atoms with van der Waals surface area (Å²) in [5.74, 6) is 0.348. The molecule has 5 rings (SSSR count). The topological polar surface area (TPSA) is 84.4 Å². The predicted octanol–water partition coefficient (Wildman–Crippen LogP) is 4.59. The summed E-state index contributed by atoms with van der Waals surface area (Å²) in [5, 5.41) is 10.6. The van der Waals surface area contributed by atoms with Crippen LogP contribution < -0.4 is 5.76 Å². The molecule has 0 aliphatic heterocycles. The number of benzene rings is 3. The van der Waals surface area contributed by atoms with E-state index in [9.17, 15) is 10.1 Å². The first-order valence-electron chi connectivity index (χ1n) is 10.4. The Morgan fingerprint density at radius 1 is 1.03 bits per heavy atom. The van der Waals surface area contributed by atoms with Crippen LogP contribution in [-0.4, -0.2) is 39.6 Å². The normalized spacial score (nSPS) is 12.8. The van der Waals surface area contributed by atoms with Gasteiger partial charge in [0.2, 0.25) is 0 Å². The molecule has 0 spiro atoms. The maximum absolute atomic E-state index is 11.8. The Morgan fingerprint density at radius 2 is 1.79 bits per heavy atom. The fourth-order valence-corrected chi connectivity index (χ4v) is 5.06. The van der Waals surface area contributed by atoms with Crippen LogP contribution in [0.3, 0.4) is 0 Å². The van der Waals surface area contributed by atoms with Crippen LogP contribution in [-0.2, 0) is 13.5 Å². The average Bonchev–Trinajstić information content (AvgIpc) is 3.37. The maximum atomic E-state index is 11.8. The van der Waals surface area contributed by atoms with E-state index in [1.54, 1.807) is 13.1 Å².